The molecule has 36 heavy (non-hydrogen) atoms. The van der Waals surface area contributed by atoms with Crippen molar-refractivity contribution in [3.8, 4) is 0 Å². The first kappa shape index (κ1) is 26.8. The molecule has 0 spiro atoms. The number of nitrogens with one attached hydrogen (secondary N) is 2. The minimum atomic E-state index is -3.67. The molecule has 1 aromatic carbocycles. The average Bonchev–Trinajstić information content (AvgIpc) is 3.17. The van der Waals surface area contributed by atoms with Crippen molar-refractivity contribution >= 4 is 26.8 Å². The van der Waals surface area contributed by atoms with Gasteiger partial charge < -0.3 is 20.1 Å². The van der Waals surface area contributed by atoms with Gasteiger partial charge in [-0.25, -0.2) is 8.42 Å². The average molecular weight is 518 g/mol. The van der Waals surface area contributed by atoms with E-state index < -0.39 is 10.0 Å². The molecule has 2 aliphatic heterocycles. The van der Waals surface area contributed by atoms with Crippen LogP contribution in [0.1, 0.15) is 55.8 Å². The Morgan fingerprint density at radius 2 is 1.61 bits per heavy atom. The molecule has 4 rings (SSSR count). The van der Waals surface area contributed by atoms with Crippen molar-refractivity contribution in [1.29, 1.82) is 0 Å². The lowest BCUT2D eigenvalue weighted by Crippen LogP contribution is -2.47. The number of carbonyl (C=O) groups is 1. The van der Waals surface area contributed by atoms with Crippen molar-refractivity contribution in [3.05, 3.63) is 40.2 Å². The molecule has 1 amide bonds. The van der Waals surface area contributed by atoms with Crippen LogP contribution in [0.5, 0.6) is 0 Å². The molecule has 1 aromatic heterocycles. The minimum absolute atomic E-state index is 0.153. The summed E-state index contributed by atoms with van der Waals surface area (Å²) in [6.07, 6.45) is 5.75. The Morgan fingerprint density at radius 3 is 2.28 bits per heavy atom. The summed E-state index contributed by atoms with van der Waals surface area (Å²) in [6.45, 7) is 10.0. The number of hydrogen-bond acceptors (Lipinski definition) is 6. The Labute approximate surface area is 213 Å². The zero-order chi connectivity index (χ0) is 25.5. The van der Waals surface area contributed by atoms with Crippen LogP contribution in [0, 0.1) is 0 Å². The van der Waals surface area contributed by atoms with Gasteiger partial charge in [0.15, 0.2) is 0 Å². The van der Waals surface area contributed by atoms with Gasteiger partial charge >= 0.3 is 0 Å². The van der Waals surface area contributed by atoms with Crippen molar-refractivity contribution in [1.82, 2.24) is 24.4 Å². The molecule has 2 aliphatic rings. The first-order valence-electron chi connectivity index (χ1n) is 13.3. The summed E-state index contributed by atoms with van der Waals surface area (Å²) in [7, 11) is -3.67. The van der Waals surface area contributed by atoms with E-state index in [1.165, 1.54) is 28.9 Å². The van der Waals surface area contributed by atoms with Crippen molar-refractivity contribution in [2.45, 2.75) is 50.3 Å². The summed E-state index contributed by atoms with van der Waals surface area (Å²) < 4.78 is 28.1. The van der Waals surface area contributed by atoms with E-state index in [0.717, 1.165) is 71.4 Å². The van der Waals surface area contributed by atoms with E-state index in [9.17, 15) is 18.0 Å². The standard InChI is InChI=1S/C26H39N5O4S/c1-2-11-29-15-17-30(18-16-29)12-7-10-27-26(33)23-20-25(32)28-24-9-8-21(19-22(23)24)36(34,35)31-13-5-3-4-6-14-31/h8-9,19-20H,2-7,10-18H2,1H3,(H,27,33)(H,28,32). The van der Waals surface area contributed by atoms with Gasteiger partial charge in [0.25, 0.3) is 5.91 Å². The largest absolute Gasteiger partial charge is 0.352 e. The highest BCUT2D eigenvalue weighted by Gasteiger charge is 2.26. The first-order valence-corrected chi connectivity index (χ1v) is 14.7. The molecule has 0 unspecified atom stereocenters. The number of nitrogens with zero attached hydrogens (tertiary/aromatic N) is 3. The van der Waals surface area contributed by atoms with Crippen LogP contribution in [0.2, 0.25) is 0 Å². The van der Waals surface area contributed by atoms with E-state index in [1.807, 2.05) is 0 Å². The molecule has 0 saturated carbocycles. The molecule has 10 heteroatoms. The van der Waals surface area contributed by atoms with Crippen molar-refractivity contribution in [2.24, 2.45) is 0 Å². The number of carbonyl (C=O) groups excluding carboxylic acids is 1. The molecular weight excluding hydrogens is 478 g/mol. The summed E-state index contributed by atoms with van der Waals surface area (Å²) in [5, 5.41) is 3.37. The van der Waals surface area contributed by atoms with E-state index in [-0.39, 0.29) is 21.9 Å². The predicted octanol–water partition coefficient (Wildman–Crippen LogP) is 2.24. The van der Waals surface area contributed by atoms with Gasteiger partial charge in [-0.3, -0.25) is 9.59 Å². The molecule has 2 saturated heterocycles. The SMILES string of the molecule is CCCN1CCN(CCCNC(=O)c2cc(=O)[nH]c3ccc(S(=O)(=O)N4CCCCCC4)cc23)CC1. The zero-order valence-corrected chi connectivity index (χ0v) is 22.1. The molecule has 9 nitrogen and oxygen atoms in total. The second-order valence-corrected chi connectivity index (χ2v) is 11.8. The van der Waals surface area contributed by atoms with Gasteiger partial charge in [0.1, 0.15) is 0 Å². The maximum absolute atomic E-state index is 13.3. The molecule has 0 radical (unpaired) electrons. The van der Waals surface area contributed by atoms with Gasteiger partial charge in [0, 0.05) is 62.8 Å². The molecule has 0 bridgehead atoms. The van der Waals surface area contributed by atoms with Crippen molar-refractivity contribution in [2.75, 3.05) is 58.9 Å². The maximum atomic E-state index is 13.3. The van der Waals surface area contributed by atoms with E-state index in [2.05, 4.69) is 27.0 Å². The van der Waals surface area contributed by atoms with Gasteiger partial charge in [0.2, 0.25) is 15.6 Å². The Kier molecular flexibility index (Phi) is 9.16. The highest BCUT2D eigenvalue weighted by atomic mass is 32.2. The Balaban J connectivity index is 1.42. The Bertz CT molecular complexity index is 1200. The maximum Gasteiger partial charge on any atom is 0.252 e. The number of aromatic nitrogens is 1. The summed E-state index contributed by atoms with van der Waals surface area (Å²) >= 11 is 0. The lowest BCUT2D eigenvalue weighted by atomic mass is 10.1. The summed E-state index contributed by atoms with van der Waals surface area (Å²) in [6, 6.07) is 5.87. The lowest BCUT2D eigenvalue weighted by molar-refractivity contribution is 0.0949. The normalized spacial score (nSPS) is 18.8. The van der Waals surface area contributed by atoms with Crippen LogP contribution in [-0.4, -0.2) is 92.3 Å². The smallest absolute Gasteiger partial charge is 0.252 e. The fraction of sp³-hybridized carbons (Fsp3) is 0.615. The molecule has 2 fully saturated rings. The minimum Gasteiger partial charge on any atom is -0.352 e. The van der Waals surface area contributed by atoms with E-state index in [0.29, 0.717) is 30.5 Å². The van der Waals surface area contributed by atoms with Gasteiger partial charge in [-0.05, 0) is 57.0 Å². The molecule has 0 aliphatic carbocycles. The Morgan fingerprint density at radius 1 is 0.944 bits per heavy atom. The topological polar surface area (TPSA) is 106 Å². The van der Waals surface area contributed by atoms with Gasteiger partial charge in [0.05, 0.1) is 10.5 Å². The lowest BCUT2D eigenvalue weighted by Gasteiger charge is -2.34. The van der Waals surface area contributed by atoms with Crippen LogP contribution >= 0.6 is 0 Å². The quantitative estimate of drug-likeness (QED) is 0.494. The van der Waals surface area contributed by atoms with Gasteiger partial charge in [-0.2, -0.15) is 4.31 Å². The third kappa shape index (κ3) is 6.53. The monoisotopic (exact) mass is 517 g/mol. The number of H-pyrrole nitrogens is 1. The van der Waals surface area contributed by atoms with Gasteiger partial charge in [-0.1, -0.05) is 19.8 Å². The van der Waals surface area contributed by atoms with Crippen molar-refractivity contribution in [3.63, 3.8) is 0 Å². The molecule has 0 atom stereocenters. The van der Waals surface area contributed by atoms with E-state index in [4.69, 9.17) is 0 Å². The fourth-order valence-corrected chi connectivity index (χ4v) is 6.71. The Hall–Kier alpha value is -2.27. The van der Waals surface area contributed by atoms with Crippen LogP contribution in [0.25, 0.3) is 10.9 Å². The summed E-state index contributed by atoms with van der Waals surface area (Å²) in [5.41, 5.74) is 0.267. The number of rotatable bonds is 9. The number of hydrogen-bond donors (Lipinski definition) is 2. The highest BCUT2D eigenvalue weighted by molar-refractivity contribution is 7.89. The predicted molar refractivity (Wildman–Crippen MR) is 142 cm³/mol. The van der Waals surface area contributed by atoms with Crippen LogP contribution in [-0.2, 0) is 10.0 Å². The third-order valence-corrected chi connectivity index (χ3v) is 9.10. The molecular formula is C26H39N5O4S. The van der Waals surface area contributed by atoms with E-state index in [1.54, 1.807) is 6.07 Å². The van der Waals surface area contributed by atoms with Crippen LogP contribution in [0.3, 0.4) is 0 Å². The molecule has 3 heterocycles. The number of amides is 1. The number of pyridine rings is 1. The first-order chi connectivity index (χ1) is 17.4. The molecule has 198 valence electrons. The van der Waals surface area contributed by atoms with Crippen LogP contribution in [0.15, 0.2) is 34.0 Å². The summed E-state index contributed by atoms with van der Waals surface area (Å²) in [5.74, 6) is -0.358. The number of piperazine rings is 1. The van der Waals surface area contributed by atoms with Crippen LogP contribution in [0.4, 0.5) is 0 Å². The third-order valence-electron chi connectivity index (χ3n) is 7.20. The van der Waals surface area contributed by atoms with E-state index >= 15 is 0 Å². The van der Waals surface area contributed by atoms with Gasteiger partial charge in [-0.15, -0.1) is 0 Å². The number of fused-ring (bicyclic) bond motifs is 1. The summed E-state index contributed by atoms with van der Waals surface area (Å²) in [4.78, 5) is 33.0. The number of benzene rings is 1. The second kappa shape index (κ2) is 12.3. The van der Waals surface area contributed by atoms with Crippen molar-refractivity contribution < 1.29 is 13.2 Å². The number of aromatic amines is 1. The second-order valence-electron chi connectivity index (χ2n) is 9.87. The number of sulfonamides is 1. The van der Waals surface area contributed by atoms with Crippen LogP contribution < -0.4 is 10.9 Å². The molecule has 2 N–H and O–H groups in total. The highest BCUT2D eigenvalue weighted by Crippen LogP contribution is 2.25. The zero-order valence-electron chi connectivity index (χ0n) is 21.3. The molecule has 2 aromatic rings. The fourth-order valence-electron chi connectivity index (χ4n) is 5.16.